The van der Waals surface area contributed by atoms with Gasteiger partial charge in [-0.25, -0.2) is 4.79 Å². The summed E-state index contributed by atoms with van der Waals surface area (Å²) >= 11 is 0. The lowest BCUT2D eigenvalue weighted by Gasteiger charge is -2.07. The van der Waals surface area contributed by atoms with E-state index < -0.39 is 12.6 Å². The number of hydrogen-bond acceptors (Lipinski definition) is 5. The van der Waals surface area contributed by atoms with Gasteiger partial charge in [-0.1, -0.05) is 36.4 Å². The van der Waals surface area contributed by atoms with Crippen molar-refractivity contribution in [1.29, 1.82) is 0 Å². The Morgan fingerprint density at radius 3 is 2.48 bits per heavy atom. The number of benzene rings is 2. The third-order valence-corrected chi connectivity index (χ3v) is 4.36. The van der Waals surface area contributed by atoms with Crippen molar-refractivity contribution in [3.8, 4) is 0 Å². The minimum absolute atomic E-state index is 0.00480. The highest BCUT2D eigenvalue weighted by Gasteiger charge is 2.14. The third-order valence-electron chi connectivity index (χ3n) is 4.36. The van der Waals surface area contributed by atoms with Gasteiger partial charge in [0, 0.05) is 36.0 Å². The number of esters is 1. The largest absolute Gasteiger partial charge is 0.453 e. The molecule has 148 valence electrons. The molecule has 0 unspecified atom stereocenters. The summed E-state index contributed by atoms with van der Waals surface area (Å²) in [6, 6.07) is 14.9. The Labute approximate surface area is 166 Å². The number of para-hydroxylation sites is 1. The van der Waals surface area contributed by atoms with Crippen LogP contribution in [0.2, 0.25) is 0 Å². The number of ether oxygens (including phenoxy) is 1. The summed E-state index contributed by atoms with van der Waals surface area (Å²) in [4.78, 5) is 50.3. The number of rotatable bonds is 7. The fourth-order valence-electron chi connectivity index (χ4n) is 2.84. The first-order valence-electron chi connectivity index (χ1n) is 9.10. The lowest BCUT2D eigenvalue weighted by molar-refractivity contribution is -0.118. The average Bonchev–Trinajstić information content (AvgIpc) is 2.72. The average molecular weight is 392 g/mol. The van der Waals surface area contributed by atoms with Gasteiger partial charge in [0.1, 0.15) is 5.69 Å². The van der Waals surface area contributed by atoms with E-state index in [4.69, 9.17) is 4.74 Å². The monoisotopic (exact) mass is 392 g/mol. The number of carbonyl (C=O) groups is 3. The molecule has 3 rings (SSSR count). The maximum atomic E-state index is 12.3. The second-order valence-electron chi connectivity index (χ2n) is 6.52. The van der Waals surface area contributed by atoms with Crippen molar-refractivity contribution in [1.82, 2.24) is 10.3 Å². The van der Waals surface area contributed by atoms with Gasteiger partial charge in [0.05, 0.1) is 0 Å². The van der Waals surface area contributed by atoms with E-state index in [2.05, 4.69) is 10.3 Å². The molecule has 0 atom stereocenters. The van der Waals surface area contributed by atoms with Crippen molar-refractivity contribution in [3.63, 3.8) is 0 Å². The third kappa shape index (κ3) is 5.16. The summed E-state index contributed by atoms with van der Waals surface area (Å²) in [6.45, 7) is 1.54. The van der Waals surface area contributed by atoms with Crippen molar-refractivity contribution in [2.24, 2.45) is 0 Å². The SMILES string of the molecule is CC(=O)NCCc1ccc(C(=O)COC(=O)c2cc(=O)c3ccccc3[nH]2)cc1. The summed E-state index contributed by atoms with van der Waals surface area (Å²) in [5.74, 6) is -1.21. The number of ketones is 1. The van der Waals surface area contributed by atoms with E-state index in [1.807, 2.05) is 0 Å². The number of pyridine rings is 1. The standard InChI is InChI=1S/C22H20N2O5/c1-14(25)23-11-10-15-6-8-16(9-7-15)21(27)13-29-22(28)19-12-20(26)17-4-2-3-5-18(17)24-19/h2-9,12H,10-11,13H2,1H3,(H,23,25)(H,24,26). The summed E-state index contributed by atoms with van der Waals surface area (Å²) in [7, 11) is 0. The van der Waals surface area contributed by atoms with E-state index in [9.17, 15) is 19.2 Å². The van der Waals surface area contributed by atoms with Gasteiger partial charge in [-0.2, -0.15) is 0 Å². The first-order chi connectivity index (χ1) is 13.9. The first kappa shape index (κ1) is 20.0. The number of aromatic nitrogens is 1. The van der Waals surface area contributed by atoms with Crippen LogP contribution in [0.15, 0.2) is 59.4 Å². The molecule has 0 saturated carbocycles. The number of Topliss-reactive ketones (excluding diaryl/α,β-unsaturated/α-hetero) is 1. The zero-order valence-corrected chi connectivity index (χ0v) is 15.9. The quantitative estimate of drug-likeness (QED) is 0.474. The molecule has 0 fully saturated rings. The second kappa shape index (κ2) is 8.97. The number of carbonyl (C=O) groups excluding carboxylic acids is 3. The van der Waals surface area contributed by atoms with Crippen LogP contribution >= 0.6 is 0 Å². The molecule has 29 heavy (non-hydrogen) atoms. The second-order valence-corrected chi connectivity index (χ2v) is 6.52. The van der Waals surface area contributed by atoms with E-state index in [1.165, 1.54) is 13.0 Å². The zero-order chi connectivity index (χ0) is 20.8. The molecule has 1 aromatic heterocycles. The minimum atomic E-state index is -0.770. The predicted octanol–water partition coefficient (Wildman–Crippen LogP) is 2.25. The predicted molar refractivity (Wildman–Crippen MR) is 108 cm³/mol. The highest BCUT2D eigenvalue weighted by atomic mass is 16.5. The van der Waals surface area contributed by atoms with E-state index in [-0.39, 0.29) is 22.8 Å². The van der Waals surface area contributed by atoms with Crippen LogP contribution < -0.4 is 10.7 Å². The molecule has 7 nitrogen and oxygen atoms in total. The molecule has 0 aliphatic rings. The van der Waals surface area contributed by atoms with Gasteiger partial charge >= 0.3 is 5.97 Å². The molecule has 2 aromatic carbocycles. The molecular weight excluding hydrogens is 372 g/mol. The van der Waals surface area contributed by atoms with Crippen molar-refractivity contribution in [3.05, 3.63) is 81.6 Å². The van der Waals surface area contributed by atoms with Crippen LogP contribution in [0.3, 0.4) is 0 Å². The van der Waals surface area contributed by atoms with Gasteiger partial charge in [0.15, 0.2) is 17.8 Å². The molecule has 0 saturated heterocycles. The van der Waals surface area contributed by atoms with Crippen LogP contribution in [0.25, 0.3) is 10.9 Å². The fraction of sp³-hybridized carbons (Fsp3) is 0.182. The van der Waals surface area contributed by atoms with E-state index in [0.29, 0.717) is 29.4 Å². The smallest absolute Gasteiger partial charge is 0.355 e. The Morgan fingerprint density at radius 1 is 1.03 bits per heavy atom. The molecule has 3 aromatic rings. The van der Waals surface area contributed by atoms with Crippen molar-refractivity contribution in [2.75, 3.05) is 13.2 Å². The topological polar surface area (TPSA) is 105 Å². The molecule has 7 heteroatoms. The van der Waals surface area contributed by atoms with E-state index >= 15 is 0 Å². The highest BCUT2D eigenvalue weighted by molar-refractivity contribution is 5.99. The van der Waals surface area contributed by atoms with Gasteiger partial charge in [0.25, 0.3) is 0 Å². The maximum absolute atomic E-state index is 12.3. The Balaban J connectivity index is 1.59. The molecule has 0 aliphatic carbocycles. The molecule has 0 radical (unpaired) electrons. The van der Waals surface area contributed by atoms with Gasteiger partial charge in [-0.05, 0) is 24.1 Å². The molecule has 0 aliphatic heterocycles. The van der Waals surface area contributed by atoms with Gasteiger partial charge in [-0.3, -0.25) is 14.4 Å². The molecule has 0 bridgehead atoms. The zero-order valence-electron chi connectivity index (χ0n) is 15.9. The Morgan fingerprint density at radius 2 is 1.76 bits per heavy atom. The molecule has 1 amide bonds. The number of aromatic amines is 1. The summed E-state index contributed by atoms with van der Waals surface area (Å²) in [5, 5.41) is 3.18. The Kier molecular flexibility index (Phi) is 6.19. The Hall–Kier alpha value is -3.74. The van der Waals surface area contributed by atoms with E-state index in [0.717, 1.165) is 5.56 Å². The van der Waals surface area contributed by atoms with Crippen LogP contribution in [0.1, 0.15) is 33.3 Å². The fourth-order valence-corrected chi connectivity index (χ4v) is 2.84. The van der Waals surface area contributed by atoms with Crippen LogP contribution in [-0.4, -0.2) is 35.8 Å². The first-order valence-corrected chi connectivity index (χ1v) is 9.10. The van der Waals surface area contributed by atoms with Crippen molar-refractivity contribution in [2.45, 2.75) is 13.3 Å². The normalized spacial score (nSPS) is 10.5. The van der Waals surface area contributed by atoms with Gasteiger partial charge < -0.3 is 15.0 Å². The lowest BCUT2D eigenvalue weighted by atomic mass is 10.1. The van der Waals surface area contributed by atoms with Gasteiger partial charge in [-0.15, -0.1) is 0 Å². The highest BCUT2D eigenvalue weighted by Crippen LogP contribution is 2.09. The Bertz CT molecular complexity index is 1120. The number of hydrogen-bond donors (Lipinski definition) is 2. The van der Waals surface area contributed by atoms with Crippen LogP contribution in [-0.2, 0) is 16.0 Å². The number of fused-ring (bicyclic) bond motifs is 1. The minimum Gasteiger partial charge on any atom is -0.453 e. The van der Waals surface area contributed by atoms with Crippen molar-refractivity contribution < 1.29 is 19.1 Å². The van der Waals surface area contributed by atoms with Crippen LogP contribution in [0, 0.1) is 0 Å². The van der Waals surface area contributed by atoms with Crippen molar-refractivity contribution >= 4 is 28.6 Å². The summed E-state index contributed by atoms with van der Waals surface area (Å²) < 4.78 is 5.06. The molecular formula is C22H20N2O5. The lowest BCUT2D eigenvalue weighted by Crippen LogP contribution is -2.22. The summed E-state index contributed by atoms with van der Waals surface area (Å²) in [6.07, 6.45) is 0.651. The summed E-state index contributed by atoms with van der Waals surface area (Å²) in [5.41, 5.74) is 1.60. The van der Waals surface area contributed by atoms with E-state index in [1.54, 1.807) is 48.5 Å². The number of nitrogens with one attached hydrogen (secondary N) is 2. The van der Waals surface area contributed by atoms with Crippen LogP contribution in [0.5, 0.6) is 0 Å². The number of H-pyrrole nitrogens is 1. The molecule has 1 heterocycles. The number of amides is 1. The maximum Gasteiger partial charge on any atom is 0.355 e. The molecule has 0 spiro atoms. The van der Waals surface area contributed by atoms with Crippen LogP contribution in [0.4, 0.5) is 0 Å². The molecule has 2 N–H and O–H groups in total. The van der Waals surface area contributed by atoms with Gasteiger partial charge in [0.2, 0.25) is 5.91 Å².